The molecule has 0 aliphatic rings. The van der Waals surface area contributed by atoms with Crippen LogP contribution in [0.4, 0.5) is 4.39 Å². The summed E-state index contributed by atoms with van der Waals surface area (Å²) >= 11 is 3.28. The first-order valence-electron chi connectivity index (χ1n) is 12.0. The minimum atomic E-state index is -0.366. The summed E-state index contributed by atoms with van der Waals surface area (Å²) in [5.74, 6) is 0.621. The van der Waals surface area contributed by atoms with Gasteiger partial charge in [0.2, 0.25) is 0 Å². The van der Waals surface area contributed by atoms with Gasteiger partial charge >= 0.3 is 0 Å². The predicted octanol–water partition coefficient (Wildman–Crippen LogP) is 9.25. The highest BCUT2D eigenvalue weighted by molar-refractivity contribution is 9.10. The molecule has 0 N–H and O–H groups in total. The molecule has 0 aliphatic carbocycles. The average molecular weight is 494 g/mol. The van der Waals surface area contributed by atoms with E-state index in [1.165, 1.54) is 70.3 Å². The summed E-state index contributed by atoms with van der Waals surface area (Å²) in [6, 6.07) is 13.0. The summed E-state index contributed by atoms with van der Waals surface area (Å²) in [6.07, 6.45) is 15.7. The first-order chi connectivity index (χ1) is 15.2. The molecule has 31 heavy (non-hydrogen) atoms. The molecule has 0 radical (unpaired) electrons. The normalized spacial score (nSPS) is 10.9. The van der Waals surface area contributed by atoms with Crippen molar-refractivity contribution in [2.75, 3.05) is 6.61 Å². The van der Waals surface area contributed by atoms with Crippen LogP contribution in [-0.2, 0) is 6.61 Å². The molecule has 0 amide bonds. The lowest BCUT2D eigenvalue weighted by molar-refractivity contribution is 0.285. The van der Waals surface area contributed by atoms with Crippen molar-refractivity contribution in [2.24, 2.45) is 0 Å². The summed E-state index contributed by atoms with van der Waals surface area (Å²) in [4.78, 5) is 0. The van der Waals surface area contributed by atoms with Gasteiger partial charge in [0.15, 0.2) is 0 Å². The Morgan fingerprint density at radius 2 is 1.32 bits per heavy atom. The molecular weight excluding hydrogens is 455 g/mol. The fourth-order valence-electron chi connectivity index (χ4n) is 3.60. The van der Waals surface area contributed by atoms with Crippen LogP contribution in [0.2, 0.25) is 0 Å². The number of hydrogen-bond donors (Lipinski definition) is 0. The molecule has 0 atom stereocenters. The Morgan fingerprint density at radius 3 is 1.94 bits per heavy atom. The molecule has 0 aliphatic heterocycles. The van der Waals surface area contributed by atoms with Gasteiger partial charge < -0.3 is 9.47 Å². The van der Waals surface area contributed by atoms with E-state index in [1.54, 1.807) is 6.07 Å². The second-order valence-corrected chi connectivity index (χ2v) is 9.02. The first-order valence-corrected chi connectivity index (χ1v) is 12.8. The average Bonchev–Trinajstić information content (AvgIpc) is 2.79. The van der Waals surface area contributed by atoms with E-state index in [2.05, 4.69) is 22.9 Å². The molecule has 0 saturated carbocycles. The second kappa shape index (κ2) is 16.1. The quantitative estimate of drug-likeness (QED) is 0.205. The van der Waals surface area contributed by atoms with Gasteiger partial charge in [-0.05, 0) is 27.9 Å². The standard InChI is InChI=1S/C27H38BrFO2/c1-2-3-4-5-6-7-8-9-10-11-12-16-19-30-24-20-25(29)27(28)26(21-24)31-22-23-17-14-13-15-18-23/h13-15,17-18,20-21H,2-12,16,19,22H2,1H3. The molecular formula is C27H38BrFO2. The van der Waals surface area contributed by atoms with Crippen LogP contribution in [0, 0.1) is 5.82 Å². The van der Waals surface area contributed by atoms with Crippen molar-refractivity contribution in [3.63, 3.8) is 0 Å². The van der Waals surface area contributed by atoms with E-state index in [9.17, 15) is 4.39 Å². The summed E-state index contributed by atoms with van der Waals surface area (Å²) < 4.78 is 26.1. The third-order valence-electron chi connectivity index (χ3n) is 5.47. The van der Waals surface area contributed by atoms with Crippen molar-refractivity contribution in [1.82, 2.24) is 0 Å². The zero-order valence-corrected chi connectivity index (χ0v) is 20.6. The molecule has 172 valence electrons. The molecule has 0 spiro atoms. The molecule has 0 bridgehead atoms. The van der Waals surface area contributed by atoms with E-state index in [0.717, 1.165) is 18.4 Å². The molecule has 0 aromatic heterocycles. The Bertz CT molecular complexity index is 721. The molecule has 4 heteroatoms. The van der Waals surface area contributed by atoms with Crippen molar-refractivity contribution >= 4 is 15.9 Å². The zero-order valence-electron chi connectivity index (χ0n) is 19.0. The lowest BCUT2D eigenvalue weighted by Crippen LogP contribution is -2.01. The van der Waals surface area contributed by atoms with Crippen LogP contribution >= 0.6 is 15.9 Å². The van der Waals surface area contributed by atoms with Crippen LogP contribution in [0.15, 0.2) is 46.9 Å². The summed E-state index contributed by atoms with van der Waals surface area (Å²) in [5.41, 5.74) is 1.04. The Morgan fingerprint density at radius 1 is 0.742 bits per heavy atom. The topological polar surface area (TPSA) is 18.5 Å². The Hall–Kier alpha value is -1.55. The Kier molecular flexibility index (Phi) is 13.4. The van der Waals surface area contributed by atoms with Crippen molar-refractivity contribution in [1.29, 1.82) is 0 Å². The molecule has 0 heterocycles. The van der Waals surface area contributed by atoms with Crippen LogP contribution in [0.1, 0.15) is 89.5 Å². The van der Waals surface area contributed by atoms with Crippen molar-refractivity contribution in [2.45, 2.75) is 90.6 Å². The van der Waals surface area contributed by atoms with E-state index in [4.69, 9.17) is 9.47 Å². The zero-order chi connectivity index (χ0) is 22.2. The van der Waals surface area contributed by atoms with Gasteiger partial charge in [-0.15, -0.1) is 0 Å². The highest BCUT2D eigenvalue weighted by atomic mass is 79.9. The number of unbranched alkanes of at least 4 members (excludes halogenated alkanes) is 11. The first kappa shape index (κ1) is 25.7. The van der Waals surface area contributed by atoms with E-state index in [0.29, 0.717) is 29.2 Å². The van der Waals surface area contributed by atoms with Crippen LogP contribution < -0.4 is 9.47 Å². The van der Waals surface area contributed by atoms with E-state index in [1.807, 2.05) is 30.3 Å². The monoisotopic (exact) mass is 492 g/mol. The number of halogens is 2. The molecule has 0 fully saturated rings. The van der Waals surface area contributed by atoms with Gasteiger partial charge in [-0.25, -0.2) is 4.39 Å². The van der Waals surface area contributed by atoms with Crippen molar-refractivity contribution in [3.8, 4) is 11.5 Å². The minimum absolute atomic E-state index is 0.334. The molecule has 2 nitrogen and oxygen atoms in total. The molecule has 0 saturated heterocycles. The third kappa shape index (κ3) is 11.0. The van der Waals surface area contributed by atoms with Gasteiger partial charge in [-0.1, -0.05) is 108 Å². The summed E-state index contributed by atoms with van der Waals surface area (Å²) in [7, 11) is 0. The van der Waals surface area contributed by atoms with Crippen molar-refractivity contribution < 1.29 is 13.9 Å². The van der Waals surface area contributed by atoms with Gasteiger partial charge in [0, 0.05) is 12.1 Å². The smallest absolute Gasteiger partial charge is 0.144 e. The van der Waals surface area contributed by atoms with E-state index < -0.39 is 0 Å². The highest BCUT2D eigenvalue weighted by Crippen LogP contribution is 2.33. The lowest BCUT2D eigenvalue weighted by atomic mass is 10.1. The SMILES string of the molecule is CCCCCCCCCCCCCCOc1cc(F)c(Br)c(OCc2ccccc2)c1. The summed E-state index contributed by atoms with van der Waals surface area (Å²) in [6.45, 7) is 3.26. The second-order valence-electron chi connectivity index (χ2n) is 8.23. The van der Waals surface area contributed by atoms with Gasteiger partial charge in [0.1, 0.15) is 23.9 Å². The van der Waals surface area contributed by atoms with E-state index in [-0.39, 0.29) is 5.82 Å². The third-order valence-corrected chi connectivity index (χ3v) is 6.24. The summed E-state index contributed by atoms with van der Waals surface area (Å²) in [5, 5.41) is 0. The van der Waals surface area contributed by atoms with Gasteiger partial charge in [-0.2, -0.15) is 0 Å². The van der Waals surface area contributed by atoms with Gasteiger partial charge in [0.05, 0.1) is 11.1 Å². The molecule has 2 rings (SSSR count). The molecule has 2 aromatic rings. The highest BCUT2D eigenvalue weighted by Gasteiger charge is 2.11. The molecule has 0 unspecified atom stereocenters. The van der Waals surface area contributed by atoms with Crippen molar-refractivity contribution in [3.05, 3.63) is 58.3 Å². The fourth-order valence-corrected chi connectivity index (χ4v) is 3.94. The van der Waals surface area contributed by atoms with Crippen LogP contribution in [0.5, 0.6) is 11.5 Å². The predicted molar refractivity (Wildman–Crippen MR) is 131 cm³/mol. The van der Waals surface area contributed by atoms with Crippen LogP contribution in [-0.4, -0.2) is 6.61 Å². The lowest BCUT2D eigenvalue weighted by Gasteiger charge is -2.12. The number of hydrogen-bond acceptors (Lipinski definition) is 2. The maximum Gasteiger partial charge on any atom is 0.144 e. The fraction of sp³-hybridized carbons (Fsp3) is 0.556. The largest absolute Gasteiger partial charge is 0.493 e. The number of ether oxygens (including phenoxy) is 2. The maximum atomic E-state index is 14.2. The van der Waals surface area contributed by atoms with E-state index >= 15 is 0 Å². The maximum absolute atomic E-state index is 14.2. The van der Waals surface area contributed by atoms with Gasteiger partial charge in [-0.3, -0.25) is 0 Å². The molecule has 2 aromatic carbocycles. The van der Waals surface area contributed by atoms with Crippen LogP contribution in [0.3, 0.4) is 0 Å². The number of benzene rings is 2. The number of rotatable bonds is 17. The Labute approximate surface area is 196 Å². The minimum Gasteiger partial charge on any atom is -0.493 e. The Balaban J connectivity index is 1.58. The van der Waals surface area contributed by atoms with Gasteiger partial charge in [0.25, 0.3) is 0 Å². The van der Waals surface area contributed by atoms with Crippen LogP contribution in [0.25, 0.3) is 0 Å².